The summed E-state index contributed by atoms with van der Waals surface area (Å²) >= 11 is 0. The number of likely N-dealkylation sites (tertiary alicyclic amines) is 1. The molecule has 146 valence electrons. The van der Waals surface area contributed by atoms with Gasteiger partial charge in [-0.15, -0.1) is 0 Å². The minimum absolute atomic E-state index is 0.0264. The minimum atomic E-state index is -0.484. The molecule has 2 bridgehead atoms. The van der Waals surface area contributed by atoms with E-state index in [1.165, 1.54) is 0 Å². The number of benzene rings is 1. The average Bonchev–Trinajstić information content (AvgIpc) is 3.22. The molecule has 3 heterocycles. The Morgan fingerprint density at radius 3 is 2.89 bits per heavy atom. The van der Waals surface area contributed by atoms with Gasteiger partial charge in [0, 0.05) is 37.3 Å². The number of amides is 3. The fourth-order valence-electron chi connectivity index (χ4n) is 3.96. The van der Waals surface area contributed by atoms with Gasteiger partial charge in [-0.3, -0.25) is 4.79 Å². The zero-order chi connectivity index (χ0) is 18.8. The smallest absolute Gasteiger partial charge is 0.315 e. The Balaban J connectivity index is 1.29. The normalized spacial score (nSPS) is 26.1. The number of hydrogen-bond donors (Lipinski definition) is 4. The molecule has 0 spiro atoms. The number of aliphatic hydroxyl groups is 1. The van der Waals surface area contributed by atoms with E-state index in [2.05, 4.69) is 16.0 Å². The van der Waals surface area contributed by atoms with Crippen molar-refractivity contribution in [2.45, 2.75) is 44.1 Å². The first-order valence-corrected chi connectivity index (χ1v) is 9.58. The number of hydrogen-bond acceptors (Lipinski definition) is 5. The van der Waals surface area contributed by atoms with E-state index < -0.39 is 6.10 Å². The van der Waals surface area contributed by atoms with Crippen molar-refractivity contribution in [2.75, 3.05) is 31.6 Å². The summed E-state index contributed by atoms with van der Waals surface area (Å²) in [7, 11) is 0. The third-order valence-corrected chi connectivity index (χ3v) is 5.52. The molecule has 0 aliphatic carbocycles. The van der Waals surface area contributed by atoms with Crippen LogP contribution in [-0.4, -0.2) is 60.3 Å². The minimum Gasteiger partial charge on any atom is -0.389 e. The number of aliphatic hydroxyl groups excluding tert-OH is 1. The molecule has 8 heteroatoms. The summed E-state index contributed by atoms with van der Waals surface area (Å²) in [6, 6.07) is 5.60. The summed E-state index contributed by atoms with van der Waals surface area (Å²) in [5.74, 6) is -0.0336. The number of nitrogens with one attached hydrogen (secondary N) is 3. The van der Waals surface area contributed by atoms with Gasteiger partial charge in [-0.25, -0.2) is 4.79 Å². The van der Waals surface area contributed by atoms with Crippen LogP contribution in [0.4, 0.5) is 10.5 Å². The molecule has 0 aromatic heterocycles. The standard InChI is InChI=1S/C19H26N4O4/c24-16-11-27-17-8-15(16)22-14-4-3-12(7-13(14)17)9-20-19(26)21-10-18(25)23-5-1-2-6-23/h3-4,7,15-17,22,24H,1-2,5-6,8-11H2,(H2,20,21,26)/t15-,16+,17+/m0/s1. The Morgan fingerprint density at radius 2 is 2.07 bits per heavy atom. The van der Waals surface area contributed by atoms with Crippen LogP contribution in [-0.2, 0) is 16.1 Å². The van der Waals surface area contributed by atoms with Crippen molar-refractivity contribution in [2.24, 2.45) is 0 Å². The number of fused-ring (bicyclic) bond motifs is 4. The van der Waals surface area contributed by atoms with Gasteiger partial charge in [0.25, 0.3) is 0 Å². The first kappa shape index (κ1) is 18.1. The number of carbonyl (C=O) groups is 2. The second-order valence-electron chi connectivity index (χ2n) is 7.42. The van der Waals surface area contributed by atoms with Crippen LogP contribution in [0, 0.1) is 0 Å². The first-order chi connectivity index (χ1) is 13.1. The van der Waals surface area contributed by atoms with E-state index in [0.29, 0.717) is 13.2 Å². The van der Waals surface area contributed by atoms with Crippen LogP contribution in [0.15, 0.2) is 18.2 Å². The lowest BCUT2D eigenvalue weighted by Gasteiger charge is -2.40. The average molecular weight is 374 g/mol. The molecule has 1 aromatic carbocycles. The maximum atomic E-state index is 12.0. The van der Waals surface area contributed by atoms with Gasteiger partial charge in [-0.05, 0) is 30.5 Å². The van der Waals surface area contributed by atoms with Crippen molar-refractivity contribution < 1.29 is 19.4 Å². The lowest BCUT2D eigenvalue weighted by molar-refractivity contribution is -0.128. The number of rotatable bonds is 4. The Morgan fingerprint density at radius 1 is 1.26 bits per heavy atom. The van der Waals surface area contributed by atoms with Gasteiger partial charge in [-0.1, -0.05) is 6.07 Å². The third-order valence-electron chi connectivity index (χ3n) is 5.52. The molecule has 0 radical (unpaired) electrons. The van der Waals surface area contributed by atoms with Gasteiger partial charge in [0.1, 0.15) is 0 Å². The van der Waals surface area contributed by atoms with Crippen molar-refractivity contribution in [3.8, 4) is 0 Å². The summed E-state index contributed by atoms with van der Waals surface area (Å²) in [6.45, 7) is 2.30. The highest BCUT2D eigenvalue weighted by molar-refractivity contribution is 5.84. The highest BCUT2D eigenvalue weighted by Gasteiger charge is 2.36. The van der Waals surface area contributed by atoms with Gasteiger partial charge >= 0.3 is 6.03 Å². The van der Waals surface area contributed by atoms with Crippen molar-refractivity contribution in [1.82, 2.24) is 15.5 Å². The van der Waals surface area contributed by atoms with E-state index in [0.717, 1.165) is 49.2 Å². The first-order valence-electron chi connectivity index (χ1n) is 9.58. The van der Waals surface area contributed by atoms with E-state index >= 15 is 0 Å². The molecular formula is C19H26N4O4. The second-order valence-corrected chi connectivity index (χ2v) is 7.42. The molecule has 3 aliphatic heterocycles. The largest absolute Gasteiger partial charge is 0.389 e. The highest BCUT2D eigenvalue weighted by Crippen LogP contribution is 2.39. The van der Waals surface area contributed by atoms with E-state index in [-0.39, 0.29) is 30.6 Å². The fraction of sp³-hybridized carbons (Fsp3) is 0.579. The molecule has 8 nitrogen and oxygen atoms in total. The predicted molar refractivity (Wildman–Crippen MR) is 99.2 cm³/mol. The molecule has 1 aromatic rings. The molecule has 2 saturated heterocycles. The van der Waals surface area contributed by atoms with Crippen LogP contribution in [0.2, 0.25) is 0 Å². The number of carbonyl (C=O) groups excluding carboxylic acids is 2. The lowest BCUT2D eigenvalue weighted by Crippen LogP contribution is -2.46. The molecular weight excluding hydrogens is 348 g/mol. The maximum Gasteiger partial charge on any atom is 0.315 e. The molecule has 4 rings (SSSR count). The maximum absolute atomic E-state index is 12.0. The van der Waals surface area contributed by atoms with Crippen LogP contribution < -0.4 is 16.0 Å². The molecule has 0 saturated carbocycles. The predicted octanol–water partition coefficient (Wildman–Crippen LogP) is 0.725. The molecule has 3 atom stereocenters. The van der Waals surface area contributed by atoms with E-state index in [1.807, 2.05) is 18.2 Å². The molecule has 3 aliphatic rings. The van der Waals surface area contributed by atoms with Crippen molar-refractivity contribution >= 4 is 17.6 Å². The number of ether oxygens (including phenoxy) is 1. The Kier molecular flexibility index (Phi) is 5.18. The van der Waals surface area contributed by atoms with Crippen molar-refractivity contribution in [3.05, 3.63) is 29.3 Å². The number of urea groups is 1. The Labute approximate surface area is 158 Å². The van der Waals surface area contributed by atoms with E-state index in [1.54, 1.807) is 4.90 Å². The van der Waals surface area contributed by atoms with Crippen LogP contribution in [0.3, 0.4) is 0 Å². The van der Waals surface area contributed by atoms with Gasteiger partial charge in [-0.2, -0.15) is 0 Å². The van der Waals surface area contributed by atoms with Gasteiger partial charge < -0.3 is 30.7 Å². The van der Waals surface area contributed by atoms with Crippen molar-refractivity contribution in [3.63, 3.8) is 0 Å². The van der Waals surface area contributed by atoms with Gasteiger partial charge in [0.05, 0.1) is 31.4 Å². The molecule has 4 N–H and O–H groups in total. The SMILES string of the molecule is O=C(NCC(=O)N1CCCC1)NCc1ccc2c(c1)[C@H]1C[C@H](N2)[C@H](O)CO1. The summed E-state index contributed by atoms with van der Waals surface area (Å²) in [5.41, 5.74) is 2.99. The quantitative estimate of drug-likeness (QED) is 0.622. The van der Waals surface area contributed by atoms with Crippen LogP contribution in [0.25, 0.3) is 0 Å². The second kappa shape index (κ2) is 7.74. The number of anilines is 1. The lowest BCUT2D eigenvalue weighted by atomic mass is 9.89. The zero-order valence-corrected chi connectivity index (χ0v) is 15.2. The van der Waals surface area contributed by atoms with Gasteiger partial charge in [0.15, 0.2) is 0 Å². The molecule has 27 heavy (non-hydrogen) atoms. The van der Waals surface area contributed by atoms with Gasteiger partial charge in [0.2, 0.25) is 5.91 Å². The molecule has 3 amide bonds. The zero-order valence-electron chi connectivity index (χ0n) is 15.2. The topological polar surface area (TPSA) is 103 Å². The summed E-state index contributed by atoms with van der Waals surface area (Å²) in [4.78, 5) is 25.7. The van der Waals surface area contributed by atoms with Crippen LogP contribution in [0.5, 0.6) is 0 Å². The summed E-state index contributed by atoms with van der Waals surface area (Å²) < 4.78 is 5.75. The number of nitrogens with zero attached hydrogens (tertiary/aromatic N) is 1. The third kappa shape index (κ3) is 4.01. The fourth-order valence-corrected chi connectivity index (χ4v) is 3.96. The summed E-state index contributed by atoms with van der Waals surface area (Å²) in [5, 5.41) is 18.7. The summed E-state index contributed by atoms with van der Waals surface area (Å²) in [6.07, 6.45) is 2.30. The Bertz CT molecular complexity index is 720. The monoisotopic (exact) mass is 374 g/mol. The van der Waals surface area contributed by atoms with E-state index in [4.69, 9.17) is 4.74 Å². The molecule has 2 fully saturated rings. The van der Waals surface area contributed by atoms with Crippen LogP contribution >= 0.6 is 0 Å². The van der Waals surface area contributed by atoms with E-state index in [9.17, 15) is 14.7 Å². The van der Waals surface area contributed by atoms with Crippen LogP contribution in [0.1, 0.15) is 36.5 Å². The highest BCUT2D eigenvalue weighted by atomic mass is 16.5. The Hall–Kier alpha value is -2.32. The molecule has 0 unspecified atom stereocenters. The van der Waals surface area contributed by atoms with Crippen molar-refractivity contribution in [1.29, 1.82) is 0 Å².